The highest BCUT2D eigenvalue weighted by Gasteiger charge is 2.22. The number of piperidine rings is 1. The van der Waals surface area contributed by atoms with Crippen LogP contribution in [0.25, 0.3) is 44.8 Å². The molecule has 10 heteroatoms. The summed E-state index contributed by atoms with van der Waals surface area (Å²) in [6.45, 7) is 5.53. The SMILES string of the molecule is CCNCc1cncc(-c2ncc3[nH]nc(-c4nc5c(N6CCCCC6)ccnc5[nH]4)c3c2F)c1. The first-order chi connectivity index (χ1) is 17.2. The number of aromatic amines is 2. The number of anilines is 1. The monoisotopic (exact) mass is 471 g/mol. The zero-order valence-corrected chi connectivity index (χ0v) is 19.5. The molecule has 1 aliphatic rings. The molecule has 6 rings (SSSR count). The van der Waals surface area contributed by atoms with Gasteiger partial charge in [-0.05, 0) is 43.5 Å². The van der Waals surface area contributed by atoms with Gasteiger partial charge in [-0.25, -0.2) is 14.4 Å². The zero-order chi connectivity index (χ0) is 23.8. The minimum Gasteiger partial charge on any atom is -0.370 e. The molecule has 0 saturated carbocycles. The van der Waals surface area contributed by atoms with Gasteiger partial charge >= 0.3 is 0 Å². The first kappa shape index (κ1) is 21.6. The summed E-state index contributed by atoms with van der Waals surface area (Å²) < 4.78 is 15.9. The van der Waals surface area contributed by atoms with Crippen LogP contribution in [0.3, 0.4) is 0 Å². The normalized spacial score (nSPS) is 14.3. The van der Waals surface area contributed by atoms with Crippen LogP contribution < -0.4 is 10.2 Å². The smallest absolute Gasteiger partial charge is 0.161 e. The summed E-state index contributed by atoms with van der Waals surface area (Å²) >= 11 is 0. The molecular formula is C25H26FN9. The van der Waals surface area contributed by atoms with Crippen LogP contribution in [0.2, 0.25) is 0 Å². The summed E-state index contributed by atoms with van der Waals surface area (Å²) in [6, 6.07) is 3.90. The average Bonchev–Trinajstić information content (AvgIpc) is 3.53. The van der Waals surface area contributed by atoms with E-state index in [2.05, 4.69) is 40.3 Å². The van der Waals surface area contributed by atoms with Crippen LogP contribution in [-0.4, -0.2) is 54.8 Å². The third-order valence-corrected chi connectivity index (χ3v) is 6.48. The number of nitrogens with zero attached hydrogens (tertiary/aromatic N) is 6. The van der Waals surface area contributed by atoms with Crippen molar-refractivity contribution in [2.45, 2.75) is 32.7 Å². The fourth-order valence-corrected chi connectivity index (χ4v) is 4.73. The van der Waals surface area contributed by atoms with Crippen molar-refractivity contribution in [1.29, 1.82) is 0 Å². The van der Waals surface area contributed by atoms with Crippen LogP contribution in [0.1, 0.15) is 31.7 Å². The number of nitrogens with one attached hydrogen (secondary N) is 3. The molecule has 35 heavy (non-hydrogen) atoms. The van der Waals surface area contributed by atoms with Crippen molar-refractivity contribution in [1.82, 2.24) is 40.4 Å². The minimum atomic E-state index is -0.460. The molecule has 5 aromatic heterocycles. The second kappa shape index (κ2) is 9.03. The van der Waals surface area contributed by atoms with Crippen LogP contribution in [0.5, 0.6) is 0 Å². The predicted molar refractivity (Wildman–Crippen MR) is 133 cm³/mol. The summed E-state index contributed by atoms with van der Waals surface area (Å²) in [5.41, 5.74) is 5.20. The van der Waals surface area contributed by atoms with Gasteiger partial charge in [0.25, 0.3) is 0 Å². The Morgan fingerprint density at radius 1 is 1.09 bits per heavy atom. The van der Waals surface area contributed by atoms with Gasteiger partial charge in [0.05, 0.1) is 22.8 Å². The summed E-state index contributed by atoms with van der Waals surface area (Å²) in [5, 5.41) is 10.9. The maximum Gasteiger partial charge on any atom is 0.161 e. The fourth-order valence-electron chi connectivity index (χ4n) is 4.73. The van der Waals surface area contributed by atoms with E-state index < -0.39 is 5.82 Å². The number of hydrogen-bond acceptors (Lipinski definition) is 7. The molecule has 0 amide bonds. The van der Waals surface area contributed by atoms with Gasteiger partial charge < -0.3 is 15.2 Å². The fraction of sp³-hybridized carbons (Fsp3) is 0.320. The Morgan fingerprint density at radius 2 is 1.97 bits per heavy atom. The molecule has 0 spiro atoms. The lowest BCUT2D eigenvalue weighted by Crippen LogP contribution is -2.29. The number of aromatic nitrogens is 7. The van der Waals surface area contributed by atoms with Crippen LogP contribution in [0.15, 0.2) is 36.9 Å². The molecule has 0 aromatic carbocycles. The van der Waals surface area contributed by atoms with Crippen LogP contribution in [-0.2, 0) is 6.54 Å². The van der Waals surface area contributed by atoms with E-state index in [0.29, 0.717) is 40.2 Å². The van der Waals surface area contributed by atoms with Crippen molar-refractivity contribution in [3.8, 4) is 22.8 Å². The second-order valence-electron chi connectivity index (χ2n) is 8.80. The largest absolute Gasteiger partial charge is 0.370 e. The van der Waals surface area contributed by atoms with Crippen molar-refractivity contribution in [2.75, 3.05) is 24.5 Å². The number of imidazole rings is 1. The van der Waals surface area contributed by atoms with E-state index in [4.69, 9.17) is 4.98 Å². The van der Waals surface area contributed by atoms with E-state index >= 15 is 4.39 Å². The molecule has 178 valence electrons. The summed E-state index contributed by atoms with van der Waals surface area (Å²) in [6.07, 6.45) is 10.4. The highest BCUT2D eigenvalue weighted by Crippen LogP contribution is 2.34. The van der Waals surface area contributed by atoms with E-state index in [1.807, 2.05) is 19.1 Å². The molecule has 5 aromatic rings. The van der Waals surface area contributed by atoms with Gasteiger partial charge in [-0.1, -0.05) is 6.92 Å². The van der Waals surface area contributed by atoms with Crippen molar-refractivity contribution in [2.24, 2.45) is 0 Å². The topological polar surface area (TPSA) is 111 Å². The van der Waals surface area contributed by atoms with Gasteiger partial charge in [0.15, 0.2) is 17.3 Å². The van der Waals surface area contributed by atoms with Crippen LogP contribution >= 0.6 is 0 Å². The predicted octanol–water partition coefficient (Wildman–Crippen LogP) is 4.20. The molecule has 1 aliphatic heterocycles. The maximum absolute atomic E-state index is 15.9. The van der Waals surface area contributed by atoms with E-state index in [9.17, 15) is 0 Å². The first-order valence-electron chi connectivity index (χ1n) is 12.0. The molecule has 0 aliphatic carbocycles. The Kier molecular flexibility index (Phi) is 5.57. The molecule has 1 fully saturated rings. The molecule has 0 unspecified atom stereocenters. The van der Waals surface area contributed by atoms with Crippen LogP contribution in [0, 0.1) is 5.82 Å². The number of H-pyrrole nitrogens is 2. The lowest BCUT2D eigenvalue weighted by molar-refractivity contribution is 0.578. The molecule has 9 nitrogen and oxygen atoms in total. The van der Waals surface area contributed by atoms with E-state index in [0.717, 1.165) is 49.2 Å². The molecular weight excluding hydrogens is 445 g/mol. The number of rotatable bonds is 6. The molecule has 0 bridgehead atoms. The van der Waals surface area contributed by atoms with Crippen molar-refractivity contribution in [3.63, 3.8) is 0 Å². The molecule has 6 heterocycles. The average molecular weight is 472 g/mol. The first-order valence-corrected chi connectivity index (χ1v) is 12.0. The molecule has 1 saturated heterocycles. The Labute approximate surface area is 201 Å². The quantitative estimate of drug-likeness (QED) is 0.340. The Bertz CT molecular complexity index is 1500. The molecule has 0 atom stereocenters. The maximum atomic E-state index is 15.9. The molecule has 3 N–H and O–H groups in total. The highest BCUT2D eigenvalue weighted by molar-refractivity contribution is 5.96. The Morgan fingerprint density at radius 3 is 2.83 bits per heavy atom. The van der Waals surface area contributed by atoms with Gasteiger partial charge in [0, 0.05) is 43.8 Å². The number of fused-ring (bicyclic) bond motifs is 2. The number of hydrogen-bond donors (Lipinski definition) is 3. The van der Waals surface area contributed by atoms with Gasteiger partial charge in [0.1, 0.15) is 16.9 Å². The summed E-state index contributed by atoms with van der Waals surface area (Å²) in [5.74, 6) is 0.0107. The highest BCUT2D eigenvalue weighted by atomic mass is 19.1. The Hall–Kier alpha value is -3.92. The van der Waals surface area contributed by atoms with Gasteiger partial charge in [0.2, 0.25) is 0 Å². The van der Waals surface area contributed by atoms with E-state index in [1.54, 1.807) is 24.8 Å². The third-order valence-electron chi connectivity index (χ3n) is 6.48. The van der Waals surface area contributed by atoms with Gasteiger partial charge in [-0.3, -0.25) is 15.1 Å². The van der Waals surface area contributed by atoms with E-state index in [-0.39, 0.29) is 5.69 Å². The van der Waals surface area contributed by atoms with Crippen molar-refractivity contribution >= 4 is 27.8 Å². The minimum absolute atomic E-state index is 0.231. The van der Waals surface area contributed by atoms with Gasteiger partial charge in [-0.15, -0.1) is 0 Å². The summed E-state index contributed by atoms with van der Waals surface area (Å²) in [4.78, 5) is 23.5. The van der Waals surface area contributed by atoms with E-state index in [1.165, 1.54) is 6.42 Å². The zero-order valence-electron chi connectivity index (χ0n) is 19.5. The molecule has 0 radical (unpaired) electrons. The summed E-state index contributed by atoms with van der Waals surface area (Å²) in [7, 11) is 0. The second-order valence-corrected chi connectivity index (χ2v) is 8.80. The van der Waals surface area contributed by atoms with Crippen molar-refractivity contribution < 1.29 is 4.39 Å². The lowest BCUT2D eigenvalue weighted by atomic mass is 10.1. The van der Waals surface area contributed by atoms with Crippen molar-refractivity contribution in [3.05, 3.63) is 48.3 Å². The number of pyridine rings is 3. The third kappa shape index (κ3) is 3.89. The Balaban J connectivity index is 1.44. The lowest BCUT2D eigenvalue weighted by Gasteiger charge is -2.28. The van der Waals surface area contributed by atoms with Gasteiger partial charge in [-0.2, -0.15) is 5.10 Å². The van der Waals surface area contributed by atoms with Crippen LogP contribution in [0.4, 0.5) is 10.1 Å². The number of halogens is 1. The standard InChI is InChI=1S/C25H26FN9/c1-2-27-11-15-10-16(13-28-12-15)21-20(26)19-17(14-30-21)33-34-23(19)25-31-22-18(6-7-29-24(22)32-25)35-8-4-3-5-9-35/h6-7,10,12-14,27H,2-5,8-9,11H2,1H3,(H,33,34)(H,29,31,32).